The van der Waals surface area contributed by atoms with Crippen molar-refractivity contribution in [2.75, 3.05) is 13.1 Å². The van der Waals surface area contributed by atoms with Crippen molar-refractivity contribution in [3.63, 3.8) is 0 Å². The molecule has 0 saturated carbocycles. The van der Waals surface area contributed by atoms with Crippen molar-refractivity contribution in [1.29, 1.82) is 0 Å². The van der Waals surface area contributed by atoms with Crippen molar-refractivity contribution in [2.24, 2.45) is 0 Å². The van der Waals surface area contributed by atoms with Gasteiger partial charge >= 0.3 is 0 Å². The van der Waals surface area contributed by atoms with Crippen LogP contribution in [-0.4, -0.2) is 24.8 Å². The molecule has 1 aliphatic heterocycles. The highest BCUT2D eigenvalue weighted by Crippen LogP contribution is 2.22. The van der Waals surface area contributed by atoms with Gasteiger partial charge in [-0.2, -0.15) is 0 Å². The molecule has 0 radical (unpaired) electrons. The van der Waals surface area contributed by atoms with E-state index in [4.69, 9.17) is 16.3 Å². The second kappa shape index (κ2) is 4.74. The number of nitrogens with one attached hydrogen (secondary N) is 1. The zero-order valence-electron chi connectivity index (χ0n) is 9.79. The monoisotopic (exact) mass is 239 g/mol. The Hall–Kier alpha value is -0.570. The summed E-state index contributed by atoms with van der Waals surface area (Å²) >= 11 is 5.87. The number of ether oxygens (including phenoxy) is 1. The minimum atomic E-state index is -0.106. The summed E-state index contributed by atoms with van der Waals surface area (Å²) in [5.74, 6) is 0. The van der Waals surface area contributed by atoms with Crippen LogP contribution in [0.15, 0.2) is 24.3 Å². The quantitative estimate of drug-likeness (QED) is 0.857. The topological polar surface area (TPSA) is 21.3 Å². The fraction of sp³-hybridized carbons (Fsp3) is 0.538. The molecule has 88 valence electrons. The van der Waals surface area contributed by atoms with Crippen LogP contribution < -0.4 is 5.32 Å². The molecule has 2 unspecified atom stereocenters. The molecule has 3 heteroatoms. The predicted octanol–water partition coefficient (Wildman–Crippen LogP) is 2.65. The van der Waals surface area contributed by atoms with Crippen molar-refractivity contribution < 1.29 is 4.74 Å². The predicted molar refractivity (Wildman–Crippen MR) is 67.0 cm³/mol. The molecule has 1 fully saturated rings. The first-order chi connectivity index (χ1) is 7.57. The fourth-order valence-corrected chi connectivity index (χ4v) is 2.37. The van der Waals surface area contributed by atoms with Crippen LogP contribution >= 0.6 is 11.6 Å². The van der Waals surface area contributed by atoms with Gasteiger partial charge in [-0.3, -0.25) is 0 Å². The minimum Gasteiger partial charge on any atom is -0.369 e. The number of morpholine rings is 1. The molecule has 0 spiro atoms. The first kappa shape index (κ1) is 11.9. The number of hydrogen-bond donors (Lipinski definition) is 1. The van der Waals surface area contributed by atoms with Gasteiger partial charge in [0.05, 0.1) is 11.7 Å². The van der Waals surface area contributed by atoms with E-state index < -0.39 is 0 Å². The normalized spacial score (nSPS) is 30.3. The fourth-order valence-electron chi connectivity index (χ4n) is 2.25. The Bertz CT molecular complexity index is 351. The molecule has 1 aliphatic rings. The lowest BCUT2D eigenvalue weighted by molar-refractivity contribution is -0.0964. The summed E-state index contributed by atoms with van der Waals surface area (Å²) in [5.41, 5.74) is 1.16. The van der Waals surface area contributed by atoms with E-state index in [2.05, 4.69) is 31.3 Å². The van der Waals surface area contributed by atoms with E-state index in [0.29, 0.717) is 0 Å². The zero-order valence-corrected chi connectivity index (χ0v) is 10.6. The van der Waals surface area contributed by atoms with Gasteiger partial charge in [0.15, 0.2) is 0 Å². The molecule has 1 aromatic rings. The average molecular weight is 240 g/mol. The van der Waals surface area contributed by atoms with Crippen LogP contribution in [0.5, 0.6) is 0 Å². The second-order valence-corrected chi connectivity index (χ2v) is 5.25. The van der Waals surface area contributed by atoms with Gasteiger partial charge in [0, 0.05) is 24.5 Å². The van der Waals surface area contributed by atoms with E-state index in [0.717, 1.165) is 24.5 Å². The largest absolute Gasteiger partial charge is 0.369 e. The van der Waals surface area contributed by atoms with Gasteiger partial charge < -0.3 is 10.1 Å². The summed E-state index contributed by atoms with van der Waals surface area (Å²) in [5, 5.41) is 4.19. The first-order valence-corrected chi connectivity index (χ1v) is 6.08. The second-order valence-electron chi connectivity index (χ2n) is 4.81. The van der Waals surface area contributed by atoms with Crippen molar-refractivity contribution in [3.05, 3.63) is 34.9 Å². The Morgan fingerprint density at radius 1 is 1.44 bits per heavy atom. The van der Waals surface area contributed by atoms with Gasteiger partial charge in [0.25, 0.3) is 0 Å². The van der Waals surface area contributed by atoms with Gasteiger partial charge in [-0.1, -0.05) is 23.7 Å². The molecule has 2 nitrogen and oxygen atoms in total. The summed E-state index contributed by atoms with van der Waals surface area (Å²) < 4.78 is 6.01. The summed E-state index contributed by atoms with van der Waals surface area (Å²) in [7, 11) is 0. The molecule has 1 N–H and O–H groups in total. The molecule has 2 rings (SSSR count). The molecule has 0 bridgehead atoms. The Labute approximate surface area is 102 Å². The Morgan fingerprint density at radius 3 is 2.75 bits per heavy atom. The Morgan fingerprint density at radius 2 is 2.12 bits per heavy atom. The highest BCUT2D eigenvalue weighted by Gasteiger charge is 2.31. The number of halogens is 1. The minimum absolute atomic E-state index is 0.106. The summed E-state index contributed by atoms with van der Waals surface area (Å²) in [6, 6.07) is 7.99. The van der Waals surface area contributed by atoms with Crippen LogP contribution in [0.1, 0.15) is 19.4 Å². The molecular formula is C13H18ClNO. The SMILES string of the molecule is CC1CNCC(C)(Cc2ccc(Cl)cc2)O1. The maximum Gasteiger partial charge on any atom is 0.0822 e. The van der Waals surface area contributed by atoms with Gasteiger partial charge in [0.2, 0.25) is 0 Å². The van der Waals surface area contributed by atoms with Crippen LogP contribution in [-0.2, 0) is 11.2 Å². The number of rotatable bonds is 2. The maximum absolute atomic E-state index is 6.01. The van der Waals surface area contributed by atoms with Crippen LogP contribution in [0, 0.1) is 0 Å². The van der Waals surface area contributed by atoms with Crippen molar-refractivity contribution in [2.45, 2.75) is 32.0 Å². The lowest BCUT2D eigenvalue weighted by Crippen LogP contribution is -2.52. The number of benzene rings is 1. The van der Waals surface area contributed by atoms with E-state index in [-0.39, 0.29) is 11.7 Å². The first-order valence-electron chi connectivity index (χ1n) is 5.70. The lowest BCUT2D eigenvalue weighted by Gasteiger charge is -2.38. The molecule has 0 aromatic heterocycles. The van der Waals surface area contributed by atoms with Gasteiger partial charge in [-0.15, -0.1) is 0 Å². The third-order valence-electron chi connectivity index (χ3n) is 2.91. The summed E-state index contributed by atoms with van der Waals surface area (Å²) in [6.07, 6.45) is 1.20. The molecule has 1 aromatic carbocycles. The molecule has 0 aliphatic carbocycles. The smallest absolute Gasteiger partial charge is 0.0822 e. The average Bonchev–Trinajstić information content (AvgIpc) is 2.21. The molecule has 0 amide bonds. The van der Waals surface area contributed by atoms with E-state index in [1.807, 2.05) is 12.1 Å². The van der Waals surface area contributed by atoms with Crippen molar-refractivity contribution in [1.82, 2.24) is 5.32 Å². The van der Waals surface area contributed by atoms with E-state index in [9.17, 15) is 0 Å². The van der Waals surface area contributed by atoms with Crippen LogP contribution in [0.2, 0.25) is 5.02 Å². The zero-order chi connectivity index (χ0) is 11.6. The van der Waals surface area contributed by atoms with Gasteiger partial charge in [0.1, 0.15) is 0 Å². The third kappa shape index (κ3) is 2.97. The summed E-state index contributed by atoms with van der Waals surface area (Å²) in [4.78, 5) is 0. The molecule has 1 heterocycles. The van der Waals surface area contributed by atoms with Crippen LogP contribution in [0.25, 0.3) is 0 Å². The van der Waals surface area contributed by atoms with Crippen molar-refractivity contribution in [3.8, 4) is 0 Å². The van der Waals surface area contributed by atoms with Crippen LogP contribution in [0.4, 0.5) is 0 Å². The molecular weight excluding hydrogens is 222 g/mol. The standard InChI is InChI=1S/C13H18ClNO/c1-10-8-15-9-13(2,16-10)7-11-3-5-12(14)6-4-11/h3-6,10,15H,7-9H2,1-2H3. The van der Waals surface area contributed by atoms with Gasteiger partial charge in [-0.05, 0) is 31.5 Å². The van der Waals surface area contributed by atoms with E-state index in [1.165, 1.54) is 5.56 Å². The van der Waals surface area contributed by atoms with Crippen LogP contribution in [0.3, 0.4) is 0 Å². The molecule has 1 saturated heterocycles. The molecule has 16 heavy (non-hydrogen) atoms. The molecule has 2 atom stereocenters. The number of hydrogen-bond acceptors (Lipinski definition) is 2. The van der Waals surface area contributed by atoms with E-state index in [1.54, 1.807) is 0 Å². The Balaban J connectivity index is 2.05. The highest BCUT2D eigenvalue weighted by molar-refractivity contribution is 6.30. The maximum atomic E-state index is 6.01. The third-order valence-corrected chi connectivity index (χ3v) is 3.16. The summed E-state index contributed by atoms with van der Waals surface area (Å²) in [6.45, 7) is 6.10. The van der Waals surface area contributed by atoms with Gasteiger partial charge in [-0.25, -0.2) is 0 Å². The Kier molecular flexibility index (Phi) is 3.53. The van der Waals surface area contributed by atoms with Crippen molar-refractivity contribution >= 4 is 11.6 Å². The lowest BCUT2D eigenvalue weighted by atomic mass is 9.94. The highest BCUT2D eigenvalue weighted by atomic mass is 35.5. The van der Waals surface area contributed by atoms with E-state index >= 15 is 0 Å².